The van der Waals surface area contributed by atoms with Gasteiger partial charge < -0.3 is 4.57 Å². The van der Waals surface area contributed by atoms with Crippen molar-refractivity contribution in [3.05, 3.63) is 29.1 Å². The molecule has 0 spiro atoms. The monoisotopic (exact) mass is 219 g/mol. The second-order valence-electron chi connectivity index (χ2n) is 3.56. The summed E-state index contributed by atoms with van der Waals surface area (Å²) in [6.45, 7) is 3.88. The molecule has 0 amide bonds. The minimum absolute atomic E-state index is 0.928. The van der Waals surface area contributed by atoms with E-state index in [1.165, 1.54) is 10.2 Å². The van der Waals surface area contributed by atoms with E-state index in [4.69, 9.17) is 0 Å². The van der Waals surface area contributed by atoms with Crippen molar-refractivity contribution in [2.24, 2.45) is 17.3 Å². The summed E-state index contributed by atoms with van der Waals surface area (Å²) < 4.78 is 3.30. The number of hydrogen-bond acceptors (Lipinski definition) is 3. The van der Waals surface area contributed by atoms with Crippen LogP contribution in [0.2, 0.25) is 0 Å². The third-order valence-corrected chi connectivity index (χ3v) is 3.15. The van der Waals surface area contributed by atoms with Gasteiger partial charge in [0.2, 0.25) is 4.80 Å². The maximum Gasteiger partial charge on any atom is 0.211 e. The fourth-order valence-electron chi connectivity index (χ4n) is 1.32. The lowest BCUT2D eigenvalue weighted by atomic mass is 10.3. The lowest BCUT2D eigenvalue weighted by Gasteiger charge is -1.92. The van der Waals surface area contributed by atoms with E-state index in [2.05, 4.69) is 26.9 Å². The number of benzene rings is 1. The molecule has 0 aliphatic rings. The topological polar surface area (TPSA) is 29.6 Å². The highest BCUT2D eigenvalue weighted by molar-refractivity contribution is 7.16. The third-order valence-electron chi connectivity index (χ3n) is 2.05. The quantitative estimate of drug-likeness (QED) is 0.521. The summed E-state index contributed by atoms with van der Waals surface area (Å²) in [4.78, 5) is 0.928. The van der Waals surface area contributed by atoms with Gasteiger partial charge in [0, 0.05) is 12.8 Å². The van der Waals surface area contributed by atoms with Gasteiger partial charge in [-0.1, -0.05) is 23.5 Å². The molecule has 0 unspecified atom stereocenters. The molecule has 0 bridgehead atoms. The number of nitrogens with zero attached hydrogens (tertiary/aromatic N) is 3. The Bertz CT molecular complexity index is 571. The van der Waals surface area contributed by atoms with E-state index in [9.17, 15) is 0 Å². The van der Waals surface area contributed by atoms with Gasteiger partial charge >= 0.3 is 0 Å². The average Bonchev–Trinajstić information content (AvgIpc) is 2.54. The van der Waals surface area contributed by atoms with Crippen LogP contribution in [-0.2, 0) is 7.05 Å². The zero-order chi connectivity index (χ0) is 10.8. The summed E-state index contributed by atoms with van der Waals surface area (Å²) in [7, 11) is 2.01. The molecule has 4 heteroatoms. The SMILES string of the molecule is CC(C)=N/N=c1\sc2ccccc2n1C. The fraction of sp³-hybridized carbons (Fsp3) is 0.273. The molecule has 0 atom stereocenters. The van der Waals surface area contributed by atoms with Crippen LogP contribution in [0.4, 0.5) is 0 Å². The molecule has 1 aromatic carbocycles. The molecule has 0 N–H and O–H groups in total. The number of fused-ring (bicyclic) bond motifs is 1. The van der Waals surface area contributed by atoms with Crippen molar-refractivity contribution >= 4 is 27.3 Å². The Morgan fingerprint density at radius 1 is 1.27 bits per heavy atom. The summed E-state index contributed by atoms with van der Waals surface area (Å²) in [6, 6.07) is 8.26. The van der Waals surface area contributed by atoms with Crippen molar-refractivity contribution in [2.45, 2.75) is 13.8 Å². The Hall–Kier alpha value is -1.42. The van der Waals surface area contributed by atoms with Crippen molar-refractivity contribution in [3.8, 4) is 0 Å². The predicted octanol–water partition coefficient (Wildman–Crippen LogP) is 2.54. The van der Waals surface area contributed by atoms with Crippen molar-refractivity contribution in [2.75, 3.05) is 0 Å². The number of thiazole rings is 1. The van der Waals surface area contributed by atoms with Gasteiger partial charge in [0.25, 0.3) is 0 Å². The van der Waals surface area contributed by atoms with Crippen molar-refractivity contribution in [3.63, 3.8) is 0 Å². The molecule has 0 aliphatic carbocycles. The molecule has 1 aromatic heterocycles. The Balaban J connectivity index is 2.68. The lowest BCUT2D eigenvalue weighted by Crippen LogP contribution is -2.09. The van der Waals surface area contributed by atoms with E-state index >= 15 is 0 Å². The summed E-state index contributed by atoms with van der Waals surface area (Å²) >= 11 is 1.66. The highest BCUT2D eigenvalue weighted by Crippen LogP contribution is 2.14. The molecule has 1 heterocycles. The maximum absolute atomic E-state index is 4.21. The number of rotatable bonds is 1. The number of aromatic nitrogens is 1. The van der Waals surface area contributed by atoms with Crippen LogP contribution in [0.25, 0.3) is 10.2 Å². The molecule has 15 heavy (non-hydrogen) atoms. The fourth-order valence-corrected chi connectivity index (χ4v) is 2.29. The second kappa shape index (κ2) is 3.98. The van der Waals surface area contributed by atoms with Gasteiger partial charge in [-0.2, -0.15) is 5.10 Å². The minimum Gasteiger partial charge on any atom is -0.318 e. The first-order valence-corrected chi connectivity index (χ1v) is 5.59. The van der Waals surface area contributed by atoms with Gasteiger partial charge in [-0.3, -0.25) is 0 Å². The molecule has 0 saturated carbocycles. The molecule has 2 aromatic rings. The van der Waals surface area contributed by atoms with Crippen LogP contribution in [0, 0.1) is 0 Å². The van der Waals surface area contributed by atoms with Crippen LogP contribution in [0.15, 0.2) is 34.5 Å². The number of para-hydroxylation sites is 1. The molecular formula is C11H13N3S. The van der Waals surface area contributed by atoms with Gasteiger partial charge in [-0.25, -0.2) is 0 Å². The van der Waals surface area contributed by atoms with Gasteiger partial charge in [-0.15, -0.1) is 5.10 Å². The van der Waals surface area contributed by atoms with Crippen molar-refractivity contribution in [1.29, 1.82) is 0 Å². The smallest absolute Gasteiger partial charge is 0.211 e. The van der Waals surface area contributed by atoms with Crippen molar-refractivity contribution < 1.29 is 0 Å². The van der Waals surface area contributed by atoms with E-state index in [1.807, 2.05) is 33.0 Å². The Kier molecular flexibility index (Phi) is 2.68. The molecule has 3 nitrogen and oxygen atoms in total. The molecule has 78 valence electrons. The summed E-state index contributed by atoms with van der Waals surface area (Å²) in [6.07, 6.45) is 0. The molecule has 0 radical (unpaired) electrons. The standard InChI is InChI=1S/C11H13N3S/c1-8(2)12-13-11-14(3)9-6-4-5-7-10(9)15-11/h4-7H,1-3H3/b13-11-. The predicted molar refractivity (Wildman–Crippen MR) is 65.1 cm³/mol. The average molecular weight is 219 g/mol. The highest BCUT2D eigenvalue weighted by Gasteiger charge is 2.00. The zero-order valence-electron chi connectivity index (χ0n) is 9.06. The van der Waals surface area contributed by atoms with Crippen LogP contribution in [0.3, 0.4) is 0 Å². The molecule has 0 saturated heterocycles. The van der Waals surface area contributed by atoms with Crippen molar-refractivity contribution in [1.82, 2.24) is 4.57 Å². The Morgan fingerprint density at radius 3 is 2.67 bits per heavy atom. The summed E-state index contributed by atoms with van der Waals surface area (Å²) in [5.41, 5.74) is 2.16. The first-order valence-electron chi connectivity index (χ1n) is 4.78. The number of aryl methyl sites for hydroxylation is 1. The van der Waals surface area contributed by atoms with E-state index in [0.29, 0.717) is 0 Å². The highest BCUT2D eigenvalue weighted by atomic mass is 32.1. The van der Waals surface area contributed by atoms with E-state index in [-0.39, 0.29) is 0 Å². The Morgan fingerprint density at radius 2 is 2.00 bits per heavy atom. The molecule has 0 aliphatic heterocycles. The second-order valence-corrected chi connectivity index (χ2v) is 4.57. The third kappa shape index (κ3) is 1.99. The zero-order valence-corrected chi connectivity index (χ0v) is 9.88. The summed E-state index contributed by atoms with van der Waals surface area (Å²) in [5, 5.41) is 8.29. The first-order chi connectivity index (χ1) is 7.18. The normalized spacial score (nSPS) is 12.1. The largest absolute Gasteiger partial charge is 0.318 e. The Labute approximate surface area is 92.4 Å². The van der Waals surface area contributed by atoms with Gasteiger partial charge in [0.1, 0.15) is 0 Å². The number of hydrogen-bond donors (Lipinski definition) is 0. The lowest BCUT2D eigenvalue weighted by molar-refractivity contribution is 0.888. The van der Waals surface area contributed by atoms with Crippen LogP contribution in [-0.4, -0.2) is 10.3 Å². The first kappa shape index (κ1) is 10.1. The molecule has 0 fully saturated rings. The summed E-state index contributed by atoms with van der Waals surface area (Å²) in [5.74, 6) is 0. The van der Waals surface area contributed by atoms with Crippen LogP contribution < -0.4 is 4.80 Å². The van der Waals surface area contributed by atoms with Crippen LogP contribution in [0.1, 0.15) is 13.8 Å². The van der Waals surface area contributed by atoms with Gasteiger partial charge in [0.05, 0.1) is 10.2 Å². The van der Waals surface area contributed by atoms with E-state index in [1.54, 1.807) is 11.3 Å². The van der Waals surface area contributed by atoms with E-state index < -0.39 is 0 Å². The molecular weight excluding hydrogens is 206 g/mol. The molecule has 2 rings (SSSR count). The maximum atomic E-state index is 4.21. The van der Waals surface area contributed by atoms with Crippen LogP contribution >= 0.6 is 11.3 Å². The van der Waals surface area contributed by atoms with Crippen LogP contribution in [0.5, 0.6) is 0 Å². The van der Waals surface area contributed by atoms with Gasteiger partial charge in [-0.05, 0) is 26.0 Å². The minimum atomic E-state index is 0.928. The van der Waals surface area contributed by atoms with E-state index in [0.717, 1.165) is 10.5 Å². The van der Waals surface area contributed by atoms with Gasteiger partial charge in [0.15, 0.2) is 0 Å².